The highest BCUT2D eigenvalue weighted by molar-refractivity contribution is 6.30. The Bertz CT molecular complexity index is 664. The van der Waals surface area contributed by atoms with Crippen LogP contribution in [0.15, 0.2) is 42.6 Å². The van der Waals surface area contributed by atoms with E-state index in [0.29, 0.717) is 0 Å². The molecule has 1 aromatic carbocycles. The van der Waals surface area contributed by atoms with E-state index in [1.807, 2.05) is 30.3 Å². The van der Waals surface area contributed by atoms with Crippen molar-refractivity contribution < 1.29 is 19.7 Å². The quantitative estimate of drug-likeness (QED) is 0.588. The lowest BCUT2D eigenvalue weighted by Gasteiger charge is -2.20. The van der Waals surface area contributed by atoms with E-state index in [2.05, 4.69) is 10.3 Å². The number of hydrogen-bond donors (Lipinski definition) is 4. The van der Waals surface area contributed by atoms with Crippen molar-refractivity contribution in [3.63, 3.8) is 0 Å². The molecule has 5 N–H and O–H groups in total. The molecule has 0 bridgehead atoms. The number of carbonyl (C=O) groups is 1. The van der Waals surface area contributed by atoms with Crippen LogP contribution in [-0.4, -0.2) is 33.9 Å². The van der Waals surface area contributed by atoms with Crippen molar-refractivity contribution in [2.24, 2.45) is 0 Å². The number of benzene rings is 1. The Balaban J connectivity index is 1.83. The van der Waals surface area contributed by atoms with Gasteiger partial charge in [-0.2, -0.15) is 0 Å². The van der Waals surface area contributed by atoms with E-state index in [1.54, 1.807) is 0 Å². The Hall–Kier alpha value is -2.35. The SMILES string of the molecule is Nc1ccnc(Cl)c1C(O)C(O)CNC(=O)OCc1ccccc1. The predicted molar refractivity (Wildman–Crippen MR) is 89.3 cm³/mol. The molecule has 128 valence electrons. The second kappa shape index (κ2) is 8.49. The van der Waals surface area contributed by atoms with Gasteiger partial charge in [-0.1, -0.05) is 41.9 Å². The number of aliphatic hydroxyl groups is 2. The third kappa shape index (κ3) is 4.82. The summed E-state index contributed by atoms with van der Waals surface area (Å²) in [7, 11) is 0. The highest BCUT2D eigenvalue weighted by atomic mass is 35.5. The fraction of sp³-hybridized carbons (Fsp3) is 0.250. The summed E-state index contributed by atoms with van der Waals surface area (Å²) in [6.07, 6.45) is -2.03. The van der Waals surface area contributed by atoms with Crippen LogP contribution in [-0.2, 0) is 11.3 Å². The number of nitrogens with two attached hydrogens (primary N) is 1. The van der Waals surface area contributed by atoms with E-state index < -0.39 is 18.3 Å². The van der Waals surface area contributed by atoms with Crippen molar-refractivity contribution >= 4 is 23.4 Å². The van der Waals surface area contributed by atoms with Gasteiger partial charge in [-0.25, -0.2) is 9.78 Å². The molecule has 0 saturated carbocycles. The molecule has 0 aliphatic rings. The monoisotopic (exact) mass is 351 g/mol. The number of alkyl carbamates (subject to hydrolysis) is 1. The number of anilines is 1. The Morgan fingerprint density at radius 3 is 2.67 bits per heavy atom. The van der Waals surface area contributed by atoms with E-state index in [9.17, 15) is 15.0 Å². The van der Waals surface area contributed by atoms with Crippen LogP contribution in [0.1, 0.15) is 17.2 Å². The van der Waals surface area contributed by atoms with Crippen molar-refractivity contribution in [2.45, 2.75) is 18.8 Å². The summed E-state index contributed by atoms with van der Waals surface area (Å²) in [4.78, 5) is 15.4. The van der Waals surface area contributed by atoms with Crippen LogP contribution in [0.4, 0.5) is 10.5 Å². The van der Waals surface area contributed by atoms with Crippen LogP contribution in [0.2, 0.25) is 5.15 Å². The number of hydrogen-bond acceptors (Lipinski definition) is 6. The number of pyridine rings is 1. The normalized spacial score (nSPS) is 13.1. The molecule has 1 aromatic heterocycles. The third-order valence-electron chi connectivity index (χ3n) is 3.30. The van der Waals surface area contributed by atoms with Gasteiger partial charge in [0.25, 0.3) is 0 Å². The zero-order valence-corrected chi connectivity index (χ0v) is 13.5. The molecule has 0 aliphatic carbocycles. The maximum absolute atomic E-state index is 11.6. The van der Waals surface area contributed by atoms with E-state index >= 15 is 0 Å². The molecule has 8 heteroatoms. The molecule has 0 saturated heterocycles. The molecule has 7 nitrogen and oxygen atoms in total. The second-order valence-corrected chi connectivity index (χ2v) is 5.42. The molecule has 0 spiro atoms. The Kier molecular flexibility index (Phi) is 6.36. The number of nitrogen functional groups attached to an aromatic ring is 1. The number of aliphatic hydroxyl groups excluding tert-OH is 2. The number of halogens is 1. The van der Waals surface area contributed by atoms with E-state index in [0.717, 1.165) is 5.56 Å². The van der Waals surface area contributed by atoms with Crippen LogP contribution in [0.3, 0.4) is 0 Å². The molecule has 24 heavy (non-hydrogen) atoms. The number of aromatic nitrogens is 1. The maximum Gasteiger partial charge on any atom is 0.407 e. The molecule has 1 heterocycles. The number of rotatable bonds is 6. The Morgan fingerprint density at radius 2 is 2.00 bits per heavy atom. The summed E-state index contributed by atoms with van der Waals surface area (Å²) in [5, 5.41) is 22.5. The summed E-state index contributed by atoms with van der Waals surface area (Å²) in [6.45, 7) is -0.133. The van der Waals surface area contributed by atoms with E-state index in [-0.39, 0.29) is 29.6 Å². The molecule has 0 fully saturated rings. The standard InChI is InChI=1S/C16H18ClN3O4/c17-15-13(11(18)6-7-19-15)14(22)12(21)8-20-16(23)24-9-10-4-2-1-3-5-10/h1-7,12,14,21-22H,8-9H2,(H2,18,19)(H,20,23). The van der Waals surface area contributed by atoms with Crippen molar-refractivity contribution in [1.29, 1.82) is 0 Å². The summed E-state index contributed by atoms with van der Waals surface area (Å²) in [5.74, 6) is 0. The largest absolute Gasteiger partial charge is 0.445 e. The van der Waals surface area contributed by atoms with Gasteiger partial charge in [0.15, 0.2) is 0 Å². The highest BCUT2D eigenvalue weighted by Crippen LogP contribution is 2.28. The summed E-state index contributed by atoms with van der Waals surface area (Å²) in [5.41, 5.74) is 6.88. The van der Waals surface area contributed by atoms with Crippen molar-refractivity contribution in [2.75, 3.05) is 12.3 Å². The zero-order chi connectivity index (χ0) is 17.5. The minimum atomic E-state index is -1.39. The summed E-state index contributed by atoms with van der Waals surface area (Å²) < 4.78 is 5.01. The number of amides is 1. The fourth-order valence-electron chi connectivity index (χ4n) is 2.02. The molecule has 2 atom stereocenters. The number of nitrogens with zero attached hydrogens (tertiary/aromatic N) is 1. The zero-order valence-electron chi connectivity index (χ0n) is 12.7. The van der Waals surface area contributed by atoms with Gasteiger partial charge in [0.05, 0.1) is 0 Å². The molecule has 0 radical (unpaired) electrons. The fourth-order valence-corrected chi connectivity index (χ4v) is 2.30. The van der Waals surface area contributed by atoms with Crippen molar-refractivity contribution in [3.8, 4) is 0 Å². The van der Waals surface area contributed by atoms with Crippen LogP contribution >= 0.6 is 11.6 Å². The van der Waals surface area contributed by atoms with Crippen LogP contribution < -0.4 is 11.1 Å². The van der Waals surface area contributed by atoms with E-state index in [1.165, 1.54) is 12.3 Å². The average molecular weight is 352 g/mol. The molecule has 2 aromatic rings. The molecular formula is C16H18ClN3O4. The molecule has 0 aliphatic heterocycles. The number of carbonyl (C=O) groups excluding carboxylic acids is 1. The van der Waals surface area contributed by atoms with Crippen LogP contribution in [0.5, 0.6) is 0 Å². The topological polar surface area (TPSA) is 118 Å². The molecule has 1 amide bonds. The minimum absolute atomic E-state index is 0.00629. The summed E-state index contributed by atoms with van der Waals surface area (Å²) >= 11 is 5.87. The van der Waals surface area contributed by atoms with Crippen LogP contribution in [0.25, 0.3) is 0 Å². The number of ether oxygens (including phenoxy) is 1. The van der Waals surface area contributed by atoms with Gasteiger partial charge >= 0.3 is 6.09 Å². The van der Waals surface area contributed by atoms with Gasteiger partial charge in [-0.3, -0.25) is 0 Å². The lowest BCUT2D eigenvalue weighted by Crippen LogP contribution is -2.36. The third-order valence-corrected chi connectivity index (χ3v) is 3.60. The highest BCUT2D eigenvalue weighted by Gasteiger charge is 2.24. The Labute approximate surface area is 144 Å². The first kappa shape index (κ1) is 18.0. The average Bonchev–Trinajstić information content (AvgIpc) is 2.58. The van der Waals surface area contributed by atoms with Crippen LogP contribution in [0, 0.1) is 0 Å². The second-order valence-electron chi connectivity index (χ2n) is 5.06. The Morgan fingerprint density at radius 1 is 1.29 bits per heavy atom. The molecule has 2 unspecified atom stereocenters. The van der Waals surface area contributed by atoms with Gasteiger partial charge < -0.3 is 26.0 Å². The first-order valence-electron chi connectivity index (χ1n) is 7.19. The minimum Gasteiger partial charge on any atom is -0.445 e. The van der Waals surface area contributed by atoms with Crippen molar-refractivity contribution in [3.05, 3.63) is 58.9 Å². The molecule has 2 rings (SSSR count). The first-order valence-corrected chi connectivity index (χ1v) is 7.57. The first-order chi connectivity index (χ1) is 11.5. The van der Waals surface area contributed by atoms with E-state index in [4.69, 9.17) is 22.1 Å². The predicted octanol–water partition coefficient (Wildman–Crippen LogP) is 1.64. The van der Waals surface area contributed by atoms with Gasteiger partial charge in [0, 0.05) is 24.0 Å². The smallest absolute Gasteiger partial charge is 0.407 e. The van der Waals surface area contributed by atoms with Crippen molar-refractivity contribution in [1.82, 2.24) is 10.3 Å². The lowest BCUT2D eigenvalue weighted by atomic mass is 10.0. The molecular weight excluding hydrogens is 334 g/mol. The lowest BCUT2D eigenvalue weighted by molar-refractivity contribution is 0.0187. The maximum atomic E-state index is 11.6. The summed E-state index contributed by atoms with van der Waals surface area (Å²) in [6, 6.07) is 10.6. The number of nitrogens with one attached hydrogen (secondary N) is 1. The van der Waals surface area contributed by atoms with Gasteiger partial charge in [-0.05, 0) is 11.6 Å². The van der Waals surface area contributed by atoms with Gasteiger partial charge in [-0.15, -0.1) is 0 Å². The van der Waals surface area contributed by atoms with Gasteiger partial charge in [0.2, 0.25) is 0 Å². The van der Waals surface area contributed by atoms with Gasteiger partial charge in [0.1, 0.15) is 24.0 Å².